The highest BCUT2D eigenvalue weighted by atomic mass is 16.5. The standard InChI is InChI=1S/C26H31NO2/c1-26(2,3)23-14-12-21(13-15-23)19-27-20-22-8-7-11-25(18-22)29-17-16-28-24-9-5-4-6-10-24/h4-15,18,27H,16-17,19-20H2,1-3H3. The lowest BCUT2D eigenvalue weighted by Gasteiger charge is -2.19. The van der Waals surface area contributed by atoms with Crippen molar-refractivity contribution in [2.24, 2.45) is 0 Å². The molecule has 0 aromatic heterocycles. The molecule has 0 aliphatic carbocycles. The summed E-state index contributed by atoms with van der Waals surface area (Å²) in [5.74, 6) is 1.74. The molecule has 152 valence electrons. The van der Waals surface area contributed by atoms with Gasteiger partial charge in [0.25, 0.3) is 0 Å². The van der Waals surface area contributed by atoms with Gasteiger partial charge in [-0.1, -0.05) is 75.4 Å². The molecule has 0 aliphatic heterocycles. The van der Waals surface area contributed by atoms with Crippen molar-refractivity contribution in [3.05, 3.63) is 95.6 Å². The third-order valence-electron chi connectivity index (χ3n) is 4.74. The molecule has 0 bridgehead atoms. The van der Waals surface area contributed by atoms with Crippen LogP contribution in [0.1, 0.15) is 37.5 Å². The molecule has 0 amide bonds. The van der Waals surface area contributed by atoms with Crippen LogP contribution < -0.4 is 14.8 Å². The first-order valence-corrected chi connectivity index (χ1v) is 10.2. The Kier molecular flexibility index (Phi) is 7.31. The van der Waals surface area contributed by atoms with Crippen molar-refractivity contribution in [1.29, 1.82) is 0 Å². The van der Waals surface area contributed by atoms with E-state index >= 15 is 0 Å². The van der Waals surface area contributed by atoms with Crippen LogP contribution in [0.25, 0.3) is 0 Å². The largest absolute Gasteiger partial charge is 0.490 e. The van der Waals surface area contributed by atoms with Crippen LogP contribution in [-0.4, -0.2) is 13.2 Å². The Morgan fingerprint density at radius 2 is 1.28 bits per heavy atom. The average molecular weight is 390 g/mol. The minimum Gasteiger partial charge on any atom is -0.490 e. The highest BCUT2D eigenvalue weighted by molar-refractivity contribution is 5.29. The molecule has 1 N–H and O–H groups in total. The van der Waals surface area contributed by atoms with Crippen LogP contribution in [0.3, 0.4) is 0 Å². The fourth-order valence-corrected chi connectivity index (χ4v) is 3.05. The Labute approximate surface area is 174 Å². The van der Waals surface area contributed by atoms with Gasteiger partial charge in [0.05, 0.1) is 0 Å². The van der Waals surface area contributed by atoms with Gasteiger partial charge in [0, 0.05) is 13.1 Å². The van der Waals surface area contributed by atoms with Crippen molar-refractivity contribution < 1.29 is 9.47 Å². The van der Waals surface area contributed by atoms with Gasteiger partial charge in [0.1, 0.15) is 24.7 Å². The second-order valence-corrected chi connectivity index (χ2v) is 8.21. The van der Waals surface area contributed by atoms with E-state index in [1.54, 1.807) is 0 Å². The highest BCUT2D eigenvalue weighted by Gasteiger charge is 2.12. The molecule has 0 radical (unpaired) electrons. The first kappa shape index (κ1) is 20.9. The maximum absolute atomic E-state index is 5.83. The molecule has 0 saturated carbocycles. The lowest BCUT2D eigenvalue weighted by atomic mass is 9.87. The zero-order valence-electron chi connectivity index (χ0n) is 17.7. The van der Waals surface area contributed by atoms with E-state index < -0.39 is 0 Å². The van der Waals surface area contributed by atoms with E-state index in [9.17, 15) is 0 Å². The van der Waals surface area contributed by atoms with Crippen LogP contribution in [0.5, 0.6) is 11.5 Å². The van der Waals surface area contributed by atoms with E-state index in [4.69, 9.17) is 9.47 Å². The van der Waals surface area contributed by atoms with Gasteiger partial charge in [-0.05, 0) is 46.4 Å². The van der Waals surface area contributed by atoms with Gasteiger partial charge < -0.3 is 14.8 Å². The van der Waals surface area contributed by atoms with E-state index in [-0.39, 0.29) is 5.41 Å². The summed E-state index contributed by atoms with van der Waals surface area (Å²) in [6.45, 7) is 9.41. The second kappa shape index (κ2) is 10.1. The van der Waals surface area contributed by atoms with E-state index in [0.29, 0.717) is 13.2 Å². The highest BCUT2D eigenvalue weighted by Crippen LogP contribution is 2.22. The molecule has 3 nitrogen and oxygen atoms in total. The normalized spacial score (nSPS) is 11.3. The number of benzene rings is 3. The smallest absolute Gasteiger partial charge is 0.122 e. The van der Waals surface area contributed by atoms with Gasteiger partial charge in [-0.3, -0.25) is 0 Å². The predicted molar refractivity (Wildman–Crippen MR) is 120 cm³/mol. The number of para-hydroxylation sites is 1. The van der Waals surface area contributed by atoms with Gasteiger partial charge >= 0.3 is 0 Å². The summed E-state index contributed by atoms with van der Waals surface area (Å²) in [6.07, 6.45) is 0. The first-order chi connectivity index (χ1) is 14.0. The molecule has 3 rings (SSSR count). The summed E-state index contributed by atoms with van der Waals surface area (Å²) >= 11 is 0. The van der Waals surface area contributed by atoms with Crippen molar-refractivity contribution in [2.45, 2.75) is 39.3 Å². The van der Waals surface area contributed by atoms with Crippen molar-refractivity contribution in [2.75, 3.05) is 13.2 Å². The van der Waals surface area contributed by atoms with E-state index in [1.165, 1.54) is 16.7 Å². The number of rotatable bonds is 9. The van der Waals surface area contributed by atoms with Crippen LogP contribution >= 0.6 is 0 Å². The summed E-state index contributed by atoms with van der Waals surface area (Å²) in [5.41, 5.74) is 4.06. The molecular weight excluding hydrogens is 358 g/mol. The number of nitrogens with one attached hydrogen (secondary N) is 1. The van der Waals surface area contributed by atoms with E-state index in [1.807, 2.05) is 42.5 Å². The van der Waals surface area contributed by atoms with Crippen LogP contribution in [0.4, 0.5) is 0 Å². The molecule has 3 heteroatoms. The van der Waals surface area contributed by atoms with Gasteiger partial charge in [0.2, 0.25) is 0 Å². The molecule has 0 unspecified atom stereocenters. The predicted octanol–water partition coefficient (Wildman–Crippen LogP) is 5.73. The van der Waals surface area contributed by atoms with Crippen LogP contribution in [-0.2, 0) is 18.5 Å². The molecule has 29 heavy (non-hydrogen) atoms. The first-order valence-electron chi connectivity index (χ1n) is 10.2. The van der Waals surface area contributed by atoms with E-state index in [2.05, 4.69) is 62.5 Å². The third kappa shape index (κ3) is 6.95. The van der Waals surface area contributed by atoms with Crippen molar-refractivity contribution in [3.8, 4) is 11.5 Å². The molecule has 0 atom stereocenters. The lowest BCUT2D eigenvalue weighted by Crippen LogP contribution is -2.14. The lowest BCUT2D eigenvalue weighted by molar-refractivity contribution is 0.217. The Bertz CT molecular complexity index is 867. The maximum Gasteiger partial charge on any atom is 0.122 e. The van der Waals surface area contributed by atoms with Gasteiger partial charge in [-0.25, -0.2) is 0 Å². The molecule has 0 heterocycles. The molecule has 3 aromatic rings. The molecule has 0 spiro atoms. The number of hydrogen-bond donors (Lipinski definition) is 1. The summed E-state index contributed by atoms with van der Waals surface area (Å²) < 4.78 is 11.5. The Morgan fingerprint density at radius 3 is 1.97 bits per heavy atom. The third-order valence-corrected chi connectivity index (χ3v) is 4.74. The molecule has 0 saturated heterocycles. The van der Waals surface area contributed by atoms with Crippen molar-refractivity contribution in [3.63, 3.8) is 0 Å². The molecule has 0 fully saturated rings. The summed E-state index contributed by atoms with van der Waals surface area (Å²) in [5, 5.41) is 3.51. The molecule has 0 aliphatic rings. The van der Waals surface area contributed by atoms with Crippen LogP contribution in [0, 0.1) is 0 Å². The minimum atomic E-state index is 0.193. The Hall–Kier alpha value is -2.78. The SMILES string of the molecule is CC(C)(C)c1ccc(CNCc2cccc(OCCOc3ccccc3)c2)cc1. The van der Waals surface area contributed by atoms with E-state index in [0.717, 1.165) is 24.6 Å². The Morgan fingerprint density at radius 1 is 0.655 bits per heavy atom. The van der Waals surface area contributed by atoms with Crippen molar-refractivity contribution in [1.82, 2.24) is 5.32 Å². The van der Waals surface area contributed by atoms with Gasteiger partial charge in [0.15, 0.2) is 0 Å². The fourth-order valence-electron chi connectivity index (χ4n) is 3.05. The van der Waals surface area contributed by atoms with Crippen LogP contribution in [0.2, 0.25) is 0 Å². The Balaban J connectivity index is 1.41. The van der Waals surface area contributed by atoms with Gasteiger partial charge in [-0.15, -0.1) is 0 Å². The maximum atomic E-state index is 5.83. The monoisotopic (exact) mass is 389 g/mol. The zero-order valence-corrected chi connectivity index (χ0v) is 17.7. The summed E-state index contributed by atoms with van der Waals surface area (Å²) in [6, 6.07) is 26.9. The van der Waals surface area contributed by atoms with Gasteiger partial charge in [-0.2, -0.15) is 0 Å². The number of ether oxygens (including phenoxy) is 2. The average Bonchev–Trinajstić information content (AvgIpc) is 2.72. The summed E-state index contributed by atoms with van der Waals surface area (Å²) in [7, 11) is 0. The molecular formula is C26H31NO2. The molecule has 3 aromatic carbocycles. The minimum absolute atomic E-state index is 0.193. The topological polar surface area (TPSA) is 30.5 Å². The summed E-state index contributed by atoms with van der Waals surface area (Å²) in [4.78, 5) is 0. The van der Waals surface area contributed by atoms with Crippen molar-refractivity contribution >= 4 is 0 Å². The fraction of sp³-hybridized carbons (Fsp3) is 0.308. The van der Waals surface area contributed by atoms with Crippen LogP contribution in [0.15, 0.2) is 78.9 Å². The zero-order chi connectivity index (χ0) is 20.5. The quantitative estimate of drug-likeness (QED) is 0.474. The number of hydrogen-bond acceptors (Lipinski definition) is 3. The second-order valence-electron chi connectivity index (χ2n) is 8.21.